The molecule has 3 aromatic rings. The Kier molecular flexibility index (Phi) is 7.61. The Bertz CT molecular complexity index is 1170. The summed E-state index contributed by atoms with van der Waals surface area (Å²) < 4.78 is 5.15. The van der Waals surface area contributed by atoms with Crippen molar-refractivity contribution in [2.45, 2.75) is 33.4 Å². The molecule has 1 amide bonds. The molecule has 32 heavy (non-hydrogen) atoms. The lowest BCUT2D eigenvalue weighted by atomic mass is 10.2. The SMILES string of the molecule is CCN(CC(=O)Nc1ccc(C(=O)OC(C)C)cc1)Cc1nc2cc(Cl)ccc2c(=O)[nH]1. The van der Waals surface area contributed by atoms with E-state index in [1.54, 1.807) is 56.3 Å². The van der Waals surface area contributed by atoms with E-state index in [1.807, 2.05) is 11.8 Å². The third kappa shape index (κ3) is 6.15. The number of halogens is 1. The lowest BCUT2D eigenvalue weighted by Crippen LogP contribution is -2.33. The van der Waals surface area contributed by atoms with E-state index in [4.69, 9.17) is 16.3 Å². The van der Waals surface area contributed by atoms with Crippen LogP contribution in [0.3, 0.4) is 0 Å². The second-order valence-electron chi connectivity index (χ2n) is 7.56. The Balaban J connectivity index is 1.63. The van der Waals surface area contributed by atoms with Crippen LogP contribution >= 0.6 is 11.6 Å². The standard InChI is InChI=1S/C23H25ClN4O4/c1-4-28(12-20-26-19-11-16(24)7-10-18(19)22(30)27-20)13-21(29)25-17-8-5-15(6-9-17)23(31)32-14(2)3/h5-11,14H,4,12-13H2,1-3H3,(H,25,29)(H,26,27,30). The number of carbonyl (C=O) groups excluding carboxylic acids is 2. The van der Waals surface area contributed by atoms with Crippen molar-refractivity contribution in [1.29, 1.82) is 0 Å². The molecule has 168 valence electrons. The van der Waals surface area contributed by atoms with Crippen molar-refractivity contribution in [3.8, 4) is 0 Å². The van der Waals surface area contributed by atoms with E-state index in [-0.39, 0.29) is 24.1 Å². The number of hydrogen-bond acceptors (Lipinski definition) is 6. The van der Waals surface area contributed by atoms with Gasteiger partial charge in [-0.15, -0.1) is 0 Å². The Labute approximate surface area is 190 Å². The molecule has 0 spiro atoms. The third-order valence-electron chi connectivity index (χ3n) is 4.65. The highest BCUT2D eigenvalue weighted by Crippen LogP contribution is 2.15. The maximum Gasteiger partial charge on any atom is 0.338 e. The van der Waals surface area contributed by atoms with Gasteiger partial charge in [0.1, 0.15) is 5.82 Å². The maximum absolute atomic E-state index is 12.5. The fourth-order valence-electron chi connectivity index (χ4n) is 3.10. The number of rotatable bonds is 8. The van der Waals surface area contributed by atoms with Gasteiger partial charge in [0.2, 0.25) is 5.91 Å². The van der Waals surface area contributed by atoms with Crippen molar-refractivity contribution in [2.75, 3.05) is 18.4 Å². The maximum atomic E-state index is 12.5. The van der Waals surface area contributed by atoms with Gasteiger partial charge < -0.3 is 15.0 Å². The summed E-state index contributed by atoms with van der Waals surface area (Å²) in [4.78, 5) is 45.8. The van der Waals surface area contributed by atoms with Crippen LogP contribution in [0.1, 0.15) is 37.0 Å². The minimum Gasteiger partial charge on any atom is -0.459 e. The highest BCUT2D eigenvalue weighted by atomic mass is 35.5. The smallest absolute Gasteiger partial charge is 0.338 e. The number of likely N-dealkylation sites (N-methyl/N-ethyl adjacent to an activating group) is 1. The van der Waals surface area contributed by atoms with Gasteiger partial charge in [-0.2, -0.15) is 0 Å². The normalized spacial score (nSPS) is 11.2. The Morgan fingerprint density at radius 1 is 1.19 bits per heavy atom. The van der Waals surface area contributed by atoms with Gasteiger partial charge in [0.25, 0.3) is 5.56 Å². The molecule has 0 unspecified atom stereocenters. The number of benzene rings is 2. The molecule has 0 atom stereocenters. The fraction of sp³-hybridized carbons (Fsp3) is 0.304. The fourth-order valence-corrected chi connectivity index (χ4v) is 3.27. The van der Waals surface area contributed by atoms with E-state index in [0.717, 1.165) is 0 Å². The number of aromatic amines is 1. The quantitative estimate of drug-likeness (QED) is 0.502. The van der Waals surface area contributed by atoms with E-state index in [9.17, 15) is 14.4 Å². The molecule has 0 aliphatic rings. The zero-order chi connectivity index (χ0) is 23.3. The Hall–Kier alpha value is -3.23. The molecule has 0 aliphatic carbocycles. The van der Waals surface area contributed by atoms with Crippen LogP contribution in [0.2, 0.25) is 5.02 Å². The van der Waals surface area contributed by atoms with Crippen LogP contribution in [-0.4, -0.2) is 45.9 Å². The van der Waals surface area contributed by atoms with Crippen LogP contribution in [0.15, 0.2) is 47.3 Å². The Morgan fingerprint density at radius 2 is 1.91 bits per heavy atom. The number of fused-ring (bicyclic) bond motifs is 1. The molecule has 0 saturated heterocycles. The van der Waals surface area contributed by atoms with Crippen LogP contribution in [0.5, 0.6) is 0 Å². The van der Waals surface area contributed by atoms with Crippen molar-refractivity contribution in [3.05, 3.63) is 69.2 Å². The summed E-state index contributed by atoms with van der Waals surface area (Å²) in [5.74, 6) is -0.184. The number of ether oxygens (including phenoxy) is 1. The van der Waals surface area contributed by atoms with Gasteiger partial charge in [0.05, 0.1) is 35.7 Å². The molecule has 0 radical (unpaired) electrons. The van der Waals surface area contributed by atoms with Gasteiger partial charge in [0, 0.05) is 10.7 Å². The topological polar surface area (TPSA) is 104 Å². The van der Waals surface area contributed by atoms with Gasteiger partial charge in [-0.05, 0) is 62.9 Å². The summed E-state index contributed by atoms with van der Waals surface area (Å²) in [5, 5.41) is 3.76. The third-order valence-corrected chi connectivity index (χ3v) is 4.89. The zero-order valence-corrected chi connectivity index (χ0v) is 18.9. The van der Waals surface area contributed by atoms with Gasteiger partial charge in [0.15, 0.2) is 0 Å². The van der Waals surface area contributed by atoms with Gasteiger partial charge in [-0.1, -0.05) is 18.5 Å². The van der Waals surface area contributed by atoms with Gasteiger partial charge >= 0.3 is 5.97 Å². The summed E-state index contributed by atoms with van der Waals surface area (Å²) in [5.41, 5.74) is 1.24. The summed E-state index contributed by atoms with van der Waals surface area (Å²) in [6.07, 6.45) is -0.203. The van der Waals surface area contributed by atoms with Crippen LogP contribution in [0.25, 0.3) is 10.9 Å². The lowest BCUT2D eigenvalue weighted by Gasteiger charge is -2.19. The molecule has 0 saturated carbocycles. The Morgan fingerprint density at radius 3 is 2.56 bits per heavy atom. The van der Waals surface area contributed by atoms with Gasteiger partial charge in [-0.3, -0.25) is 14.5 Å². The summed E-state index contributed by atoms with van der Waals surface area (Å²) in [7, 11) is 0. The monoisotopic (exact) mass is 456 g/mol. The summed E-state index contributed by atoms with van der Waals surface area (Å²) in [6, 6.07) is 11.4. The predicted octanol–water partition coefficient (Wildman–Crippen LogP) is 3.60. The zero-order valence-electron chi connectivity index (χ0n) is 18.1. The van der Waals surface area contributed by atoms with Crippen molar-refractivity contribution in [2.24, 2.45) is 0 Å². The number of esters is 1. The van der Waals surface area contributed by atoms with Crippen molar-refractivity contribution >= 4 is 40.1 Å². The molecule has 0 bridgehead atoms. The number of hydrogen-bond donors (Lipinski definition) is 2. The molecule has 1 aromatic heterocycles. The molecule has 1 heterocycles. The van der Waals surface area contributed by atoms with E-state index in [1.165, 1.54) is 0 Å². The first-order chi connectivity index (χ1) is 15.2. The van der Waals surface area contributed by atoms with E-state index in [0.29, 0.717) is 46.1 Å². The summed E-state index contributed by atoms with van der Waals surface area (Å²) >= 11 is 6.01. The van der Waals surface area contributed by atoms with Crippen molar-refractivity contribution in [3.63, 3.8) is 0 Å². The highest BCUT2D eigenvalue weighted by molar-refractivity contribution is 6.31. The number of aromatic nitrogens is 2. The number of amides is 1. The van der Waals surface area contributed by atoms with Crippen LogP contribution < -0.4 is 10.9 Å². The minimum atomic E-state index is -0.409. The molecule has 0 fully saturated rings. The largest absolute Gasteiger partial charge is 0.459 e. The van der Waals surface area contributed by atoms with Crippen LogP contribution in [0.4, 0.5) is 5.69 Å². The molecule has 8 nitrogen and oxygen atoms in total. The lowest BCUT2D eigenvalue weighted by molar-refractivity contribution is -0.117. The average molecular weight is 457 g/mol. The highest BCUT2D eigenvalue weighted by Gasteiger charge is 2.14. The number of nitrogens with zero attached hydrogens (tertiary/aromatic N) is 2. The van der Waals surface area contributed by atoms with E-state index in [2.05, 4.69) is 15.3 Å². The molecule has 3 rings (SSSR count). The van der Waals surface area contributed by atoms with Crippen molar-refractivity contribution in [1.82, 2.24) is 14.9 Å². The number of nitrogens with one attached hydrogen (secondary N) is 2. The van der Waals surface area contributed by atoms with Crippen molar-refractivity contribution < 1.29 is 14.3 Å². The predicted molar refractivity (Wildman–Crippen MR) is 124 cm³/mol. The second-order valence-corrected chi connectivity index (χ2v) is 7.99. The van der Waals surface area contributed by atoms with E-state index < -0.39 is 5.97 Å². The molecule has 9 heteroatoms. The molecule has 2 aromatic carbocycles. The second kappa shape index (κ2) is 10.4. The summed E-state index contributed by atoms with van der Waals surface area (Å²) in [6.45, 7) is 6.45. The molecular weight excluding hydrogens is 432 g/mol. The number of H-pyrrole nitrogens is 1. The van der Waals surface area contributed by atoms with Crippen LogP contribution in [-0.2, 0) is 16.1 Å². The number of carbonyl (C=O) groups is 2. The van der Waals surface area contributed by atoms with Gasteiger partial charge in [-0.25, -0.2) is 9.78 Å². The van der Waals surface area contributed by atoms with E-state index >= 15 is 0 Å². The molecular formula is C23H25ClN4O4. The molecule has 2 N–H and O–H groups in total. The molecule has 0 aliphatic heterocycles. The average Bonchev–Trinajstić information content (AvgIpc) is 2.72. The van der Waals surface area contributed by atoms with Crippen LogP contribution in [0, 0.1) is 0 Å². The first kappa shape index (κ1) is 23.4. The number of anilines is 1. The first-order valence-electron chi connectivity index (χ1n) is 10.3. The minimum absolute atomic E-state index is 0.102. The first-order valence-corrected chi connectivity index (χ1v) is 10.6.